The van der Waals surface area contributed by atoms with Crippen molar-refractivity contribution in [3.8, 4) is 6.07 Å². The molecule has 0 radical (unpaired) electrons. The normalized spacial score (nSPS) is 8.45. The van der Waals surface area contributed by atoms with E-state index in [1.807, 2.05) is 6.07 Å². The van der Waals surface area contributed by atoms with E-state index >= 15 is 0 Å². The van der Waals surface area contributed by atoms with Crippen LogP contribution in [0.15, 0.2) is 0 Å². The minimum Gasteiger partial charge on any atom is -0.338 e. The summed E-state index contributed by atoms with van der Waals surface area (Å²) in [6.07, 6.45) is 1.21. The molecule has 0 rings (SSSR count). The number of urea groups is 1. The van der Waals surface area contributed by atoms with Crippen molar-refractivity contribution in [3.63, 3.8) is 0 Å². The van der Waals surface area contributed by atoms with Gasteiger partial charge < -0.3 is 10.2 Å². The van der Waals surface area contributed by atoms with Gasteiger partial charge in [-0.3, -0.25) is 0 Å². The Hall–Kier alpha value is -1.24. The summed E-state index contributed by atoms with van der Waals surface area (Å²) in [6, 6.07) is 1.90. The van der Waals surface area contributed by atoms with Gasteiger partial charge in [-0.15, -0.1) is 0 Å². The number of amides is 2. The smallest absolute Gasteiger partial charge is 0.316 e. The van der Waals surface area contributed by atoms with Crippen molar-refractivity contribution in [1.29, 1.82) is 5.26 Å². The Morgan fingerprint density at radius 2 is 2.27 bits per heavy atom. The summed E-state index contributed by atoms with van der Waals surface area (Å²) in [5.41, 5.74) is 0. The molecule has 0 bridgehead atoms. The second-order valence-electron chi connectivity index (χ2n) is 2.39. The van der Waals surface area contributed by atoms with E-state index in [0.29, 0.717) is 13.0 Å². The molecule has 1 N–H and O–H groups in total. The number of nitriles is 1. The van der Waals surface area contributed by atoms with E-state index < -0.39 is 0 Å². The number of unbranched alkanes of at least 4 members (excludes halogenated alkanes) is 1. The molecule has 0 spiro atoms. The van der Waals surface area contributed by atoms with Crippen LogP contribution >= 0.6 is 0 Å². The molecule has 0 aliphatic rings. The summed E-state index contributed by atoms with van der Waals surface area (Å²) in [5.74, 6) is 0. The van der Waals surface area contributed by atoms with E-state index in [2.05, 4.69) is 5.32 Å². The molecule has 4 heteroatoms. The molecule has 0 heterocycles. The predicted octanol–water partition coefficient (Wildman–Crippen LogP) is 0.561. The first-order chi connectivity index (χ1) is 5.18. The number of hydrogen-bond acceptors (Lipinski definition) is 2. The van der Waals surface area contributed by atoms with Gasteiger partial charge in [0.05, 0.1) is 6.07 Å². The largest absolute Gasteiger partial charge is 0.338 e. The maximum Gasteiger partial charge on any atom is 0.316 e. The SMILES string of the molecule is CN(C)C(=O)NCCCC#N. The fourth-order valence-electron chi connectivity index (χ4n) is 0.521. The molecular formula is C7H13N3O. The summed E-state index contributed by atoms with van der Waals surface area (Å²) in [4.78, 5) is 12.3. The Bertz CT molecular complexity index is 160. The van der Waals surface area contributed by atoms with E-state index in [9.17, 15) is 4.79 Å². The zero-order valence-corrected chi connectivity index (χ0v) is 6.92. The number of hydrogen-bond donors (Lipinski definition) is 1. The molecule has 4 nitrogen and oxygen atoms in total. The van der Waals surface area contributed by atoms with Gasteiger partial charge in [-0.25, -0.2) is 4.79 Å². The van der Waals surface area contributed by atoms with Crippen molar-refractivity contribution in [2.24, 2.45) is 0 Å². The van der Waals surface area contributed by atoms with Crippen LogP contribution < -0.4 is 5.32 Å². The number of carbonyl (C=O) groups is 1. The van der Waals surface area contributed by atoms with Crippen LogP contribution in [0, 0.1) is 11.3 Å². The third kappa shape index (κ3) is 5.22. The number of nitrogens with zero attached hydrogens (tertiary/aromatic N) is 2. The lowest BCUT2D eigenvalue weighted by molar-refractivity contribution is 0.217. The Balaban J connectivity index is 3.26. The summed E-state index contributed by atoms with van der Waals surface area (Å²) < 4.78 is 0. The van der Waals surface area contributed by atoms with E-state index in [0.717, 1.165) is 6.42 Å². The molecule has 0 aromatic rings. The zero-order valence-electron chi connectivity index (χ0n) is 6.92. The Labute approximate surface area is 66.8 Å². The maximum absolute atomic E-state index is 10.8. The average Bonchev–Trinajstić information content (AvgIpc) is 1.97. The topological polar surface area (TPSA) is 56.1 Å². The highest BCUT2D eigenvalue weighted by atomic mass is 16.2. The van der Waals surface area contributed by atoms with Crippen LogP contribution in [0.1, 0.15) is 12.8 Å². The van der Waals surface area contributed by atoms with Crippen molar-refractivity contribution in [2.75, 3.05) is 20.6 Å². The quantitative estimate of drug-likeness (QED) is 0.605. The van der Waals surface area contributed by atoms with Gasteiger partial charge in [-0.1, -0.05) is 0 Å². The molecule has 11 heavy (non-hydrogen) atoms. The lowest BCUT2D eigenvalue weighted by Gasteiger charge is -2.10. The third-order valence-electron chi connectivity index (χ3n) is 1.15. The monoisotopic (exact) mass is 155 g/mol. The Kier molecular flexibility index (Phi) is 4.91. The van der Waals surface area contributed by atoms with Crippen molar-refractivity contribution >= 4 is 6.03 Å². The molecule has 2 amide bonds. The van der Waals surface area contributed by atoms with Crippen LogP contribution in [0.3, 0.4) is 0 Å². The molecule has 0 saturated carbocycles. The minimum absolute atomic E-state index is 0.108. The Morgan fingerprint density at radius 1 is 1.64 bits per heavy atom. The molecule has 0 aliphatic heterocycles. The van der Waals surface area contributed by atoms with Crippen molar-refractivity contribution in [2.45, 2.75) is 12.8 Å². The van der Waals surface area contributed by atoms with Crippen molar-refractivity contribution in [1.82, 2.24) is 10.2 Å². The second-order valence-corrected chi connectivity index (χ2v) is 2.39. The lowest BCUT2D eigenvalue weighted by Crippen LogP contribution is -2.34. The van der Waals surface area contributed by atoms with Gasteiger partial charge in [0.25, 0.3) is 0 Å². The number of nitrogens with one attached hydrogen (secondary N) is 1. The van der Waals surface area contributed by atoms with Gasteiger partial charge in [-0.05, 0) is 6.42 Å². The molecule has 0 unspecified atom stereocenters. The van der Waals surface area contributed by atoms with Crippen molar-refractivity contribution in [3.05, 3.63) is 0 Å². The van der Waals surface area contributed by atoms with E-state index in [-0.39, 0.29) is 6.03 Å². The number of rotatable bonds is 3. The molecule has 0 aromatic heterocycles. The first-order valence-corrected chi connectivity index (χ1v) is 3.50. The maximum atomic E-state index is 10.8. The predicted molar refractivity (Wildman–Crippen MR) is 41.9 cm³/mol. The second kappa shape index (κ2) is 5.54. The van der Waals surface area contributed by atoms with E-state index in [1.54, 1.807) is 14.1 Å². The average molecular weight is 155 g/mol. The number of carbonyl (C=O) groups excluding carboxylic acids is 1. The van der Waals surface area contributed by atoms with Gasteiger partial charge in [0.15, 0.2) is 0 Å². The first kappa shape index (κ1) is 9.76. The molecule has 0 saturated heterocycles. The zero-order chi connectivity index (χ0) is 8.69. The molecule has 0 fully saturated rings. The van der Waals surface area contributed by atoms with Crippen molar-refractivity contribution < 1.29 is 4.79 Å². The van der Waals surface area contributed by atoms with Gasteiger partial charge >= 0.3 is 6.03 Å². The molecular weight excluding hydrogens is 142 g/mol. The highest BCUT2D eigenvalue weighted by Gasteiger charge is 1.99. The van der Waals surface area contributed by atoms with Crippen LogP contribution in [0.4, 0.5) is 4.79 Å². The fourth-order valence-corrected chi connectivity index (χ4v) is 0.521. The molecule has 62 valence electrons. The molecule has 0 aromatic carbocycles. The van der Waals surface area contributed by atoms with Crippen LogP contribution in [0.2, 0.25) is 0 Å². The standard InChI is InChI=1S/C7H13N3O/c1-10(2)7(11)9-6-4-3-5-8/h3-4,6H2,1-2H3,(H,9,11). The fraction of sp³-hybridized carbons (Fsp3) is 0.714. The van der Waals surface area contributed by atoms with Gasteiger partial charge in [0.1, 0.15) is 0 Å². The summed E-state index contributed by atoms with van der Waals surface area (Å²) in [7, 11) is 3.36. The van der Waals surface area contributed by atoms with Crippen LogP contribution in [0.5, 0.6) is 0 Å². The summed E-state index contributed by atoms with van der Waals surface area (Å²) >= 11 is 0. The van der Waals surface area contributed by atoms with E-state index in [1.165, 1.54) is 4.90 Å². The van der Waals surface area contributed by atoms with Crippen LogP contribution in [-0.2, 0) is 0 Å². The highest BCUT2D eigenvalue weighted by molar-refractivity contribution is 5.73. The highest BCUT2D eigenvalue weighted by Crippen LogP contribution is 1.84. The van der Waals surface area contributed by atoms with Gasteiger partial charge in [0, 0.05) is 27.1 Å². The molecule has 0 atom stereocenters. The third-order valence-corrected chi connectivity index (χ3v) is 1.15. The Morgan fingerprint density at radius 3 is 2.73 bits per heavy atom. The minimum atomic E-state index is -0.108. The lowest BCUT2D eigenvalue weighted by atomic mass is 10.3. The van der Waals surface area contributed by atoms with Gasteiger partial charge in [0.2, 0.25) is 0 Å². The first-order valence-electron chi connectivity index (χ1n) is 3.50. The summed E-state index contributed by atoms with van der Waals surface area (Å²) in [6.45, 7) is 0.574. The molecule has 0 aliphatic carbocycles. The van der Waals surface area contributed by atoms with Crippen LogP contribution in [-0.4, -0.2) is 31.6 Å². The van der Waals surface area contributed by atoms with E-state index in [4.69, 9.17) is 5.26 Å². The van der Waals surface area contributed by atoms with Gasteiger partial charge in [-0.2, -0.15) is 5.26 Å². The van der Waals surface area contributed by atoms with Crippen LogP contribution in [0.25, 0.3) is 0 Å². The summed E-state index contributed by atoms with van der Waals surface area (Å²) in [5, 5.41) is 10.8.